The Labute approximate surface area is 58.2 Å². The van der Waals surface area contributed by atoms with E-state index < -0.39 is 0 Å². The van der Waals surface area contributed by atoms with Crippen LogP contribution >= 0.6 is 0 Å². The van der Waals surface area contributed by atoms with Crippen LogP contribution in [0.4, 0.5) is 0 Å². The van der Waals surface area contributed by atoms with Gasteiger partial charge in [-0.25, -0.2) is 4.68 Å². The molecule has 2 N–H and O–H groups in total. The minimum absolute atomic E-state index is 0.0324. The predicted octanol–water partition coefficient (Wildman–Crippen LogP) is -0.362. The van der Waals surface area contributed by atoms with Crippen LogP contribution in [-0.4, -0.2) is 20.2 Å². The Morgan fingerprint density at radius 3 is 3.20 bits per heavy atom. The molecule has 1 aliphatic heterocycles. The van der Waals surface area contributed by atoms with Crippen molar-refractivity contribution >= 4 is 0 Å². The Morgan fingerprint density at radius 1 is 1.70 bits per heavy atom. The quantitative estimate of drug-likeness (QED) is 0.532. The maximum atomic E-state index is 5.72. The van der Waals surface area contributed by atoms with Gasteiger partial charge in [0.05, 0.1) is 12.1 Å². The molecular weight excluding hydrogens is 130 g/mol. The highest BCUT2D eigenvalue weighted by atomic mass is 15.6. The topological polar surface area (TPSA) is 69.6 Å². The third-order valence-electron chi connectivity index (χ3n) is 1.86. The maximum absolute atomic E-state index is 5.72. The lowest BCUT2D eigenvalue weighted by Crippen LogP contribution is -2.06. The lowest BCUT2D eigenvalue weighted by Gasteiger charge is -1.99. The van der Waals surface area contributed by atoms with Gasteiger partial charge < -0.3 is 5.73 Å². The van der Waals surface area contributed by atoms with Gasteiger partial charge in [0.2, 0.25) is 0 Å². The molecule has 1 aliphatic rings. The highest BCUT2D eigenvalue weighted by molar-refractivity contribution is 4.99. The summed E-state index contributed by atoms with van der Waals surface area (Å²) < 4.78 is 1.78. The van der Waals surface area contributed by atoms with Gasteiger partial charge in [-0.1, -0.05) is 0 Å². The number of aromatic nitrogens is 4. The number of fused-ring (bicyclic) bond motifs is 1. The molecule has 1 aromatic heterocycles. The van der Waals surface area contributed by atoms with Crippen molar-refractivity contribution in [2.75, 3.05) is 0 Å². The van der Waals surface area contributed by atoms with Gasteiger partial charge in [0.25, 0.3) is 0 Å². The summed E-state index contributed by atoms with van der Waals surface area (Å²) in [5.41, 5.74) is 5.72. The molecule has 0 radical (unpaired) electrons. The first-order chi connectivity index (χ1) is 4.79. The van der Waals surface area contributed by atoms with Crippen LogP contribution in [0, 0.1) is 0 Å². The van der Waals surface area contributed by atoms with Gasteiger partial charge in [-0.05, 0) is 23.8 Å². The van der Waals surface area contributed by atoms with E-state index >= 15 is 0 Å². The van der Waals surface area contributed by atoms with Crippen molar-refractivity contribution in [3.63, 3.8) is 0 Å². The van der Waals surface area contributed by atoms with Gasteiger partial charge in [0, 0.05) is 0 Å². The molecular formula is C5H9N5. The summed E-state index contributed by atoms with van der Waals surface area (Å²) in [6, 6.07) is 0.394. The Bertz CT molecular complexity index is 219. The Balaban J connectivity index is 2.48. The van der Waals surface area contributed by atoms with E-state index in [4.69, 9.17) is 5.73 Å². The molecule has 2 heterocycles. The van der Waals surface area contributed by atoms with E-state index in [0.29, 0.717) is 6.04 Å². The molecule has 54 valence electrons. The van der Waals surface area contributed by atoms with Crippen molar-refractivity contribution in [3.8, 4) is 0 Å². The van der Waals surface area contributed by atoms with Crippen LogP contribution in [0.15, 0.2) is 0 Å². The highest BCUT2D eigenvalue weighted by Crippen LogP contribution is 2.28. The average Bonchev–Trinajstić information content (AvgIpc) is 2.39. The standard InChI is InChI=1S/C5H9N5/c1-3-2-4(6)5-7-8-9-10(3)5/h3-4H,2,6H2,1H3. The van der Waals surface area contributed by atoms with Crippen LogP contribution in [0.5, 0.6) is 0 Å². The van der Waals surface area contributed by atoms with Crippen molar-refractivity contribution in [2.45, 2.75) is 25.4 Å². The van der Waals surface area contributed by atoms with Crippen molar-refractivity contribution in [1.82, 2.24) is 20.2 Å². The number of tetrazole rings is 1. The van der Waals surface area contributed by atoms with Crippen molar-refractivity contribution in [2.24, 2.45) is 5.73 Å². The molecule has 1 aromatic rings. The predicted molar refractivity (Wildman–Crippen MR) is 34.1 cm³/mol. The van der Waals surface area contributed by atoms with E-state index in [2.05, 4.69) is 22.4 Å². The van der Waals surface area contributed by atoms with E-state index in [1.807, 2.05) is 0 Å². The molecule has 0 fully saturated rings. The second kappa shape index (κ2) is 1.76. The van der Waals surface area contributed by atoms with Crippen molar-refractivity contribution in [1.29, 1.82) is 0 Å². The van der Waals surface area contributed by atoms with Crippen LogP contribution in [0.25, 0.3) is 0 Å². The van der Waals surface area contributed by atoms with Gasteiger partial charge in [-0.15, -0.1) is 5.10 Å². The van der Waals surface area contributed by atoms with E-state index in [1.165, 1.54) is 0 Å². The van der Waals surface area contributed by atoms with Gasteiger partial charge in [-0.3, -0.25) is 0 Å². The summed E-state index contributed by atoms with van der Waals surface area (Å²) in [4.78, 5) is 0. The first-order valence-corrected chi connectivity index (χ1v) is 3.32. The smallest absolute Gasteiger partial charge is 0.168 e. The fourth-order valence-electron chi connectivity index (χ4n) is 1.33. The summed E-state index contributed by atoms with van der Waals surface area (Å²) in [6.45, 7) is 2.06. The molecule has 0 aromatic carbocycles. The van der Waals surface area contributed by atoms with E-state index in [0.717, 1.165) is 12.2 Å². The fourth-order valence-corrected chi connectivity index (χ4v) is 1.33. The molecule has 0 saturated carbocycles. The number of nitrogens with zero attached hydrogens (tertiary/aromatic N) is 4. The molecule has 0 aliphatic carbocycles. The first-order valence-electron chi connectivity index (χ1n) is 3.32. The van der Waals surface area contributed by atoms with Crippen LogP contribution in [-0.2, 0) is 0 Å². The van der Waals surface area contributed by atoms with Gasteiger partial charge in [0.15, 0.2) is 5.82 Å². The number of hydrogen-bond acceptors (Lipinski definition) is 4. The van der Waals surface area contributed by atoms with Crippen molar-refractivity contribution < 1.29 is 0 Å². The molecule has 2 atom stereocenters. The lowest BCUT2D eigenvalue weighted by atomic mass is 10.2. The number of rotatable bonds is 0. The molecule has 0 amide bonds. The molecule has 5 heteroatoms. The van der Waals surface area contributed by atoms with Crippen molar-refractivity contribution in [3.05, 3.63) is 5.82 Å². The monoisotopic (exact) mass is 139 g/mol. The third-order valence-corrected chi connectivity index (χ3v) is 1.86. The zero-order chi connectivity index (χ0) is 7.14. The third kappa shape index (κ3) is 0.578. The fraction of sp³-hybridized carbons (Fsp3) is 0.800. The minimum Gasteiger partial charge on any atom is -0.321 e. The van der Waals surface area contributed by atoms with Crippen LogP contribution in [0.1, 0.15) is 31.3 Å². The first kappa shape index (κ1) is 5.79. The van der Waals surface area contributed by atoms with E-state index in [1.54, 1.807) is 4.68 Å². The Hall–Kier alpha value is -0.970. The molecule has 10 heavy (non-hydrogen) atoms. The van der Waals surface area contributed by atoms with E-state index in [9.17, 15) is 0 Å². The molecule has 2 unspecified atom stereocenters. The van der Waals surface area contributed by atoms with Gasteiger partial charge in [-0.2, -0.15) is 0 Å². The largest absolute Gasteiger partial charge is 0.321 e. The average molecular weight is 139 g/mol. The second-order valence-corrected chi connectivity index (χ2v) is 2.67. The Morgan fingerprint density at radius 2 is 2.50 bits per heavy atom. The minimum atomic E-state index is 0.0324. The highest BCUT2D eigenvalue weighted by Gasteiger charge is 2.27. The Kier molecular flexibility index (Phi) is 1.02. The molecule has 0 spiro atoms. The van der Waals surface area contributed by atoms with Crippen LogP contribution < -0.4 is 5.73 Å². The van der Waals surface area contributed by atoms with Crippen LogP contribution in [0.2, 0.25) is 0 Å². The van der Waals surface area contributed by atoms with Crippen LogP contribution in [0.3, 0.4) is 0 Å². The summed E-state index contributed by atoms with van der Waals surface area (Å²) in [5.74, 6) is 0.813. The molecule has 0 saturated heterocycles. The lowest BCUT2D eigenvalue weighted by molar-refractivity contribution is 0.488. The zero-order valence-corrected chi connectivity index (χ0v) is 5.73. The SMILES string of the molecule is CC1CC(N)c2nnnn21. The zero-order valence-electron chi connectivity index (χ0n) is 5.73. The number of nitrogens with two attached hydrogens (primary N) is 1. The maximum Gasteiger partial charge on any atom is 0.168 e. The molecule has 5 nitrogen and oxygen atoms in total. The summed E-state index contributed by atoms with van der Waals surface area (Å²) in [5, 5.41) is 11.1. The summed E-state index contributed by atoms with van der Waals surface area (Å²) >= 11 is 0. The normalized spacial score (nSPS) is 30.6. The van der Waals surface area contributed by atoms with Gasteiger partial charge in [0.1, 0.15) is 0 Å². The second-order valence-electron chi connectivity index (χ2n) is 2.67. The van der Waals surface area contributed by atoms with Gasteiger partial charge >= 0.3 is 0 Å². The molecule has 2 rings (SSSR count). The van der Waals surface area contributed by atoms with E-state index in [-0.39, 0.29) is 6.04 Å². The number of hydrogen-bond donors (Lipinski definition) is 1. The summed E-state index contributed by atoms with van der Waals surface area (Å²) in [7, 11) is 0. The summed E-state index contributed by atoms with van der Waals surface area (Å²) in [6.07, 6.45) is 0.928. The molecule has 0 bridgehead atoms.